The van der Waals surface area contributed by atoms with Crippen molar-refractivity contribution in [3.63, 3.8) is 0 Å². The number of nitrogens with zero attached hydrogens (tertiary/aromatic N) is 2. The average molecular weight is 639 g/mol. The Labute approximate surface area is 292 Å². The number of aryl methyl sites for hydroxylation is 2. The lowest BCUT2D eigenvalue weighted by molar-refractivity contribution is 0.637. The van der Waals surface area contributed by atoms with E-state index in [4.69, 9.17) is 0 Å². The van der Waals surface area contributed by atoms with Crippen molar-refractivity contribution in [1.29, 1.82) is 0 Å². The first kappa shape index (κ1) is 31.2. The van der Waals surface area contributed by atoms with Gasteiger partial charge in [0, 0.05) is 33.9 Å². The summed E-state index contributed by atoms with van der Waals surface area (Å²) >= 11 is 0. The van der Waals surface area contributed by atoms with Gasteiger partial charge in [-0.3, -0.25) is 0 Å². The summed E-state index contributed by atoms with van der Waals surface area (Å²) in [5.74, 6) is 0. The van der Waals surface area contributed by atoms with Crippen LogP contribution in [0.1, 0.15) is 68.2 Å². The van der Waals surface area contributed by atoms with Crippen LogP contribution in [0.4, 0.5) is 17.1 Å². The predicted octanol–water partition coefficient (Wildman–Crippen LogP) is 12.0. The molecule has 0 bridgehead atoms. The van der Waals surface area contributed by atoms with Gasteiger partial charge >= 0.3 is 0 Å². The first-order valence-corrected chi connectivity index (χ1v) is 18.1. The number of fused-ring (bicyclic) bond motifs is 3. The molecule has 0 N–H and O–H groups in total. The first-order valence-electron chi connectivity index (χ1n) is 18.1. The Hall–Kier alpha value is -5.08. The van der Waals surface area contributed by atoms with Crippen LogP contribution in [0.2, 0.25) is 0 Å². The number of allylic oxidation sites excluding steroid dienone is 9. The number of anilines is 3. The lowest BCUT2D eigenvalue weighted by Crippen LogP contribution is -2.35. The van der Waals surface area contributed by atoms with Crippen LogP contribution >= 0.6 is 0 Å². The third-order valence-electron chi connectivity index (χ3n) is 10.7. The Balaban J connectivity index is 1.01. The number of hydrogen-bond donors (Lipinski definition) is 0. The third kappa shape index (κ3) is 6.17. The van der Waals surface area contributed by atoms with E-state index >= 15 is 0 Å². The molecule has 1 atom stereocenters. The van der Waals surface area contributed by atoms with Crippen molar-refractivity contribution in [2.45, 2.75) is 70.3 Å². The fourth-order valence-electron chi connectivity index (χ4n) is 8.16. The minimum Gasteiger partial charge on any atom is -0.338 e. The third-order valence-corrected chi connectivity index (χ3v) is 10.7. The molecule has 0 amide bonds. The Bertz CT molecular complexity index is 2000. The number of hydrogen-bond acceptors (Lipinski definition) is 2. The van der Waals surface area contributed by atoms with E-state index in [0.29, 0.717) is 6.04 Å². The molecule has 49 heavy (non-hydrogen) atoms. The maximum absolute atomic E-state index is 2.58. The zero-order chi connectivity index (χ0) is 33.2. The molecule has 4 aliphatic carbocycles. The Morgan fingerprint density at radius 1 is 0.694 bits per heavy atom. The molecule has 0 aromatic heterocycles. The summed E-state index contributed by atoms with van der Waals surface area (Å²) in [5.41, 5.74) is 14.9. The molecule has 1 unspecified atom stereocenters. The van der Waals surface area contributed by atoms with Gasteiger partial charge in [-0.05, 0) is 127 Å². The van der Waals surface area contributed by atoms with E-state index in [1.54, 1.807) is 0 Å². The van der Waals surface area contributed by atoms with Crippen molar-refractivity contribution in [2.75, 3.05) is 9.80 Å². The molecule has 0 saturated carbocycles. The van der Waals surface area contributed by atoms with Gasteiger partial charge in [0.2, 0.25) is 0 Å². The SMILES string of the molecule is CC1(C)C2=CC(N(C3=CC=CCC3)c3ccccc3)CC=C2c2ccc(CCc3ccc(N(C4=CCCC=C4)c4ccccc4)cc3)cc21. The highest BCUT2D eigenvalue weighted by Gasteiger charge is 2.40. The van der Waals surface area contributed by atoms with Gasteiger partial charge in [-0.2, -0.15) is 0 Å². The maximum atomic E-state index is 2.58. The van der Waals surface area contributed by atoms with Crippen molar-refractivity contribution in [2.24, 2.45) is 0 Å². The molecule has 0 spiro atoms. The van der Waals surface area contributed by atoms with Crippen LogP contribution in [0, 0.1) is 0 Å². The summed E-state index contributed by atoms with van der Waals surface area (Å²) in [6.45, 7) is 4.85. The summed E-state index contributed by atoms with van der Waals surface area (Å²) in [6, 6.07) is 38.5. The standard InChI is InChI=1S/C47H46N2/c1-47(2)45-33-36(24-23-35-25-28-41(29-26-35)48(37-15-7-3-8-16-37)38-17-9-4-10-18-38)27-31-43(45)44-32-30-42(34-46(44)47)49(39-19-11-5-12-20-39)40-21-13-6-14-22-40/h3,5-9,11-13,15-21,25-29,31-34,42H,4,10,14,22-24,30H2,1-2H3. The molecule has 0 aliphatic heterocycles. The number of para-hydroxylation sites is 2. The molecule has 244 valence electrons. The van der Waals surface area contributed by atoms with Crippen LogP contribution in [-0.2, 0) is 18.3 Å². The van der Waals surface area contributed by atoms with Crippen LogP contribution in [-0.4, -0.2) is 6.04 Å². The molecular weight excluding hydrogens is 593 g/mol. The van der Waals surface area contributed by atoms with Crippen LogP contribution < -0.4 is 9.80 Å². The van der Waals surface area contributed by atoms with Gasteiger partial charge < -0.3 is 9.80 Å². The molecule has 0 radical (unpaired) electrons. The quantitative estimate of drug-likeness (QED) is 0.180. The smallest absolute Gasteiger partial charge is 0.0560 e. The van der Waals surface area contributed by atoms with Crippen molar-refractivity contribution in [3.05, 3.63) is 191 Å². The van der Waals surface area contributed by atoms with Gasteiger partial charge in [0.05, 0.1) is 6.04 Å². The second-order valence-corrected chi connectivity index (χ2v) is 14.3. The molecule has 0 heterocycles. The van der Waals surface area contributed by atoms with Gasteiger partial charge in [-0.25, -0.2) is 0 Å². The minimum absolute atomic E-state index is 0.0378. The summed E-state index contributed by atoms with van der Waals surface area (Å²) in [4.78, 5) is 4.96. The minimum atomic E-state index is -0.0378. The van der Waals surface area contributed by atoms with Crippen LogP contribution in [0.15, 0.2) is 169 Å². The van der Waals surface area contributed by atoms with Crippen LogP contribution in [0.3, 0.4) is 0 Å². The van der Waals surface area contributed by atoms with E-state index in [1.165, 1.54) is 61.9 Å². The van der Waals surface area contributed by atoms with E-state index in [0.717, 1.165) is 44.9 Å². The summed E-state index contributed by atoms with van der Waals surface area (Å²) < 4.78 is 0. The second-order valence-electron chi connectivity index (χ2n) is 14.3. The molecule has 0 saturated heterocycles. The van der Waals surface area contributed by atoms with E-state index < -0.39 is 0 Å². The summed E-state index contributed by atoms with van der Waals surface area (Å²) in [5, 5.41) is 0. The van der Waals surface area contributed by atoms with Gasteiger partial charge in [0.1, 0.15) is 0 Å². The number of rotatable bonds is 9. The monoisotopic (exact) mass is 638 g/mol. The lowest BCUT2D eigenvalue weighted by Gasteiger charge is -2.37. The molecule has 2 heteroatoms. The maximum Gasteiger partial charge on any atom is 0.0560 e. The average Bonchev–Trinajstić information content (AvgIpc) is 3.38. The van der Waals surface area contributed by atoms with E-state index in [2.05, 4.69) is 175 Å². The lowest BCUT2D eigenvalue weighted by atomic mass is 9.79. The Morgan fingerprint density at radius 2 is 1.41 bits per heavy atom. The van der Waals surface area contributed by atoms with Crippen molar-refractivity contribution in [3.8, 4) is 0 Å². The summed E-state index contributed by atoms with van der Waals surface area (Å²) in [6.07, 6.45) is 26.3. The molecule has 4 aromatic rings. The second kappa shape index (κ2) is 13.4. The molecule has 2 nitrogen and oxygen atoms in total. The highest BCUT2D eigenvalue weighted by molar-refractivity contribution is 5.91. The predicted molar refractivity (Wildman–Crippen MR) is 208 cm³/mol. The molecule has 0 fully saturated rings. The van der Waals surface area contributed by atoms with Gasteiger partial charge in [0.25, 0.3) is 0 Å². The van der Waals surface area contributed by atoms with Crippen molar-refractivity contribution in [1.82, 2.24) is 0 Å². The number of benzene rings is 4. The molecule has 4 aliphatic rings. The Kier molecular flexibility index (Phi) is 8.56. The van der Waals surface area contributed by atoms with Crippen molar-refractivity contribution < 1.29 is 0 Å². The zero-order valence-corrected chi connectivity index (χ0v) is 28.9. The van der Waals surface area contributed by atoms with Gasteiger partial charge in [0.15, 0.2) is 0 Å². The highest BCUT2D eigenvalue weighted by Crippen LogP contribution is 2.52. The molecule has 8 rings (SSSR count). The van der Waals surface area contributed by atoms with Crippen LogP contribution in [0.25, 0.3) is 5.57 Å². The van der Waals surface area contributed by atoms with Gasteiger partial charge in [-0.1, -0.05) is 117 Å². The topological polar surface area (TPSA) is 6.48 Å². The highest BCUT2D eigenvalue weighted by atomic mass is 15.2. The largest absolute Gasteiger partial charge is 0.338 e. The fourth-order valence-corrected chi connectivity index (χ4v) is 8.16. The fraction of sp³-hybridized carbons (Fsp3) is 0.234. The summed E-state index contributed by atoms with van der Waals surface area (Å²) in [7, 11) is 0. The zero-order valence-electron chi connectivity index (χ0n) is 28.9. The molecule has 4 aromatic carbocycles. The van der Waals surface area contributed by atoms with E-state index in [9.17, 15) is 0 Å². The molecular formula is C47H46N2. The van der Waals surface area contributed by atoms with Gasteiger partial charge in [-0.15, -0.1) is 0 Å². The Morgan fingerprint density at radius 3 is 2.12 bits per heavy atom. The van der Waals surface area contributed by atoms with Crippen LogP contribution in [0.5, 0.6) is 0 Å². The first-order chi connectivity index (χ1) is 24.1. The van der Waals surface area contributed by atoms with E-state index in [1.807, 2.05) is 0 Å². The van der Waals surface area contributed by atoms with E-state index in [-0.39, 0.29) is 5.41 Å². The van der Waals surface area contributed by atoms with Crippen molar-refractivity contribution >= 4 is 22.6 Å². The normalized spacial score (nSPS) is 18.9.